The van der Waals surface area contributed by atoms with E-state index in [9.17, 15) is 4.79 Å². The van der Waals surface area contributed by atoms with Crippen LogP contribution in [0.5, 0.6) is 0 Å². The molecule has 0 aliphatic heterocycles. The second kappa shape index (κ2) is 4.85. The minimum atomic E-state index is -0.471. The van der Waals surface area contributed by atoms with Crippen LogP contribution in [0.2, 0.25) is 0 Å². The molecule has 1 heterocycles. The monoisotopic (exact) mass is 222 g/mol. The zero-order chi connectivity index (χ0) is 8.97. The highest BCUT2D eigenvalue weighted by molar-refractivity contribution is 7.12. The lowest BCUT2D eigenvalue weighted by Gasteiger charge is -2.02. The van der Waals surface area contributed by atoms with E-state index >= 15 is 0 Å². The van der Waals surface area contributed by atoms with Gasteiger partial charge in [-0.15, -0.1) is 34.5 Å². The van der Waals surface area contributed by atoms with Crippen LogP contribution in [-0.4, -0.2) is 17.0 Å². The Balaban J connectivity index is 2.59. The molecule has 0 fully saturated rings. The Bertz CT molecular complexity index is 246. The van der Waals surface area contributed by atoms with Gasteiger partial charge in [0.05, 0.1) is 10.3 Å². The molecule has 1 nitrogen and oxygen atoms in total. The van der Waals surface area contributed by atoms with Crippen molar-refractivity contribution in [2.24, 2.45) is 0 Å². The second-order valence-corrected chi connectivity index (χ2v) is 4.14. The van der Waals surface area contributed by atoms with Crippen LogP contribution in [0.1, 0.15) is 16.1 Å². The molecule has 0 amide bonds. The van der Waals surface area contributed by atoms with Gasteiger partial charge in [-0.05, 0) is 17.9 Å². The summed E-state index contributed by atoms with van der Waals surface area (Å²) in [4.78, 5) is 12.1. The van der Waals surface area contributed by atoms with Crippen LogP contribution < -0.4 is 0 Å². The molecule has 1 atom stereocenters. The molecule has 0 N–H and O–H groups in total. The first-order valence-electron chi connectivity index (χ1n) is 3.53. The molecule has 1 unspecified atom stereocenters. The normalized spacial score (nSPS) is 12.8. The SMILES string of the molecule is O=C(c1cccs1)C(Cl)CCCl. The minimum Gasteiger partial charge on any atom is -0.292 e. The largest absolute Gasteiger partial charge is 0.292 e. The summed E-state index contributed by atoms with van der Waals surface area (Å²) in [5.74, 6) is 0.401. The Morgan fingerprint density at radius 2 is 2.42 bits per heavy atom. The standard InChI is InChI=1S/C8H8Cl2OS/c9-4-3-6(10)8(11)7-2-1-5-12-7/h1-2,5-6H,3-4H2. The summed E-state index contributed by atoms with van der Waals surface area (Å²) >= 11 is 12.7. The van der Waals surface area contributed by atoms with Gasteiger partial charge in [-0.25, -0.2) is 0 Å². The first-order valence-corrected chi connectivity index (χ1v) is 5.38. The van der Waals surface area contributed by atoms with Crippen LogP contribution in [0, 0.1) is 0 Å². The van der Waals surface area contributed by atoms with E-state index in [0.29, 0.717) is 17.2 Å². The number of hydrogen-bond acceptors (Lipinski definition) is 2. The van der Waals surface area contributed by atoms with Crippen LogP contribution in [0.25, 0.3) is 0 Å². The van der Waals surface area contributed by atoms with Gasteiger partial charge in [0, 0.05) is 5.88 Å². The van der Waals surface area contributed by atoms with Gasteiger partial charge in [0.2, 0.25) is 0 Å². The third-order valence-corrected chi connectivity index (χ3v) is 2.93. The second-order valence-electron chi connectivity index (χ2n) is 2.29. The molecule has 4 heteroatoms. The molecule has 0 radical (unpaired) electrons. The third kappa shape index (κ3) is 2.47. The number of thiophene rings is 1. The van der Waals surface area contributed by atoms with E-state index in [-0.39, 0.29) is 5.78 Å². The Hall–Kier alpha value is -0.0500. The molecule has 66 valence electrons. The van der Waals surface area contributed by atoms with E-state index in [2.05, 4.69) is 0 Å². The summed E-state index contributed by atoms with van der Waals surface area (Å²) in [7, 11) is 0. The maximum absolute atomic E-state index is 11.4. The topological polar surface area (TPSA) is 17.1 Å². The molecule has 0 saturated heterocycles. The Labute approximate surface area is 85.3 Å². The number of halogens is 2. The molecule has 0 aromatic carbocycles. The fourth-order valence-electron chi connectivity index (χ4n) is 0.800. The summed E-state index contributed by atoms with van der Waals surface area (Å²) in [6, 6.07) is 3.61. The molecule has 12 heavy (non-hydrogen) atoms. The smallest absolute Gasteiger partial charge is 0.190 e. The molecule has 0 spiro atoms. The molecule has 0 aliphatic carbocycles. The Kier molecular flexibility index (Phi) is 4.06. The number of hydrogen-bond donors (Lipinski definition) is 0. The van der Waals surface area contributed by atoms with Crippen molar-refractivity contribution in [3.8, 4) is 0 Å². The molecular weight excluding hydrogens is 215 g/mol. The lowest BCUT2D eigenvalue weighted by atomic mass is 10.2. The Morgan fingerprint density at radius 1 is 1.67 bits per heavy atom. The number of alkyl halides is 2. The summed E-state index contributed by atoms with van der Waals surface area (Å²) in [5, 5.41) is 1.39. The van der Waals surface area contributed by atoms with Crippen molar-refractivity contribution in [1.29, 1.82) is 0 Å². The molecule has 0 aliphatic rings. The van der Waals surface area contributed by atoms with Gasteiger partial charge in [0.25, 0.3) is 0 Å². The van der Waals surface area contributed by atoms with Crippen LogP contribution in [0.15, 0.2) is 17.5 Å². The van der Waals surface area contributed by atoms with Gasteiger partial charge in [-0.3, -0.25) is 4.79 Å². The van der Waals surface area contributed by atoms with Gasteiger partial charge in [0.1, 0.15) is 0 Å². The molecule has 0 bridgehead atoms. The quantitative estimate of drug-likeness (QED) is 0.566. The lowest BCUT2D eigenvalue weighted by molar-refractivity contribution is 0.0990. The fourth-order valence-corrected chi connectivity index (χ4v) is 2.14. The van der Waals surface area contributed by atoms with E-state index < -0.39 is 5.38 Å². The summed E-state index contributed by atoms with van der Waals surface area (Å²) < 4.78 is 0. The molecule has 0 saturated carbocycles. The molecule has 1 aromatic heterocycles. The zero-order valence-electron chi connectivity index (χ0n) is 6.30. The van der Waals surface area contributed by atoms with Gasteiger partial charge >= 0.3 is 0 Å². The van der Waals surface area contributed by atoms with Crippen molar-refractivity contribution < 1.29 is 4.79 Å². The predicted molar refractivity (Wildman–Crippen MR) is 53.6 cm³/mol. The highest BCUT2D eigenvalue weighted by atomic mass is 35.5. The average molecular weight is 223 g/mol. The van der Waals surface area contributed by atoms with Crippen LogP contribution >= 0.6 is 34.5 Å². The van der Waals surface area contributed by atoms with Crippen molar-refractivity contribution in [3.63, 3.8) is 0 Å². The third-order valence-electron chi connectivity index (χ3n) is 1.41. The lowest BCUT2D eigenvalue weighted by Crippen LogP contribution is -2.13. The van der Waals surface area contributed by atoms with Crippen molar-refractivity contribution in [2.45, 2.75) is 11.8 Å². The maximum atomic E-state index is 11.4. The minimum absolute atomic E-state index is 0.0210. The number of carbonyl (C=O) groups is 1. The summed E-state index contributed by atoms with van der Waals surface area (Å²) in [6.45, 7) is 0. The first-order chi connectivity index (χ1) is 5.75. The van der Waals surface area contributed by atoms with Gasteiger partial charge in [-0.1, -0.05) is 6.07 Å². The zero-order valence-corrected chi connectivity index (χ0v) is 8.62. The molecule has 1 aromatic rings. The van der Waals surface area contributed by atoms with Crippen molar-refractivity contribution in [2.75, 3.05) is 5.88 Å². The highest BCUT2D eigenvalue weighted by Gasteiger charge is 2.16. The van der Waals surface area contributed by atoms with E-state index in [1.807, 2.05) is 11.4 Å². The maximum Gasteiger partial charge on any atom is 0.190 e. The number of rotatable bonds is 4. The molecule has 1 rings (SSSR count). The van der Waals surface area contributed by atoms with Crippen molar-refractivity contribution in [1.82, 2.24) is 0 Å². The summed E-state index contributed by atoms with van der Waals surface area (Å²) in [5.41, 5.74) is 0. The number of ketones is 1. The Morgan fingerprint density at radius 3 is 2.92 bits per heavy atom. The number of carbonyl (C=O) groups excluding carboxylic acids is 1. The van der Waals surface area contributed by atoms with Crippen LogP contribution in [0.3, 0.4) is 0 Å². The van der Waals surface area contributed by atoms with Crippen LogP contribution in [0.4, 0.5) is 0 Å². The van der Waals surface area contributed by atoms with E-state index in [4.69, 9.17) is 23.2 Å². The number of Topliss-reactive ketones (excluding diaryl/α,β-unsaturated/α-hetero) is 1. The van der Waals surface area contributed by atoms with Gasteiger partial charge in [0.15, 0.2) is 5.78 Å². The highest BCUT2D eigenvalue weighted by Crippen LogP contribution is 2.16. The van der Waals surface area contributed by atoms with E-state index in [1.54, 1.807) is 6.07 Å². The van der Waals surface area contributed by atoms with Crippen LogP contribution in [-0.2, 0) is 0 Å². The van der Waals surface area contributed by atoms with Gasteiger partial charge in [-0.2, -0.15) is 0 Å². The predicted octanol–water partition coefficient (Wildman–Crippen LogP) is 3.17. The van der Waals surface area contributed by atoms with E-state index in [1.165, 1.54) is 11.3 Å². The van der Waals surface area contributed by atoms with Crippen molar-refractivity contribution >= 4 is 40.3 Å². The fraction of sp³-hybridized carbons (Fsp3) is 0.375. The van der Waals surface area contributed by atoms with E-state index in [0.717, 1.165) is 0 Å². The van der Waals surface area contributed by atoms with Crippen molar-refractivity contribution in [3.05, 3.63) is 22.4 Å². The first kappa shape index (κ1) is 10.0. The molecular formula is C8H8Cl2OS. The van der Waals surface area contributed by atoms with Gasteiger partial charge < -0.3 is 0 Å². The summed E-state index contributed by atoms with van der Waals surface area (Å²) in [6.07, 6.45) is 0.528. The average Bonchev–Trinajstić information content (AvgIpc) is 2.55.